The van der Waals surface area contributed by atoms with Gasteiger partial charge in [-0.15, -0.1) is 10.2 Å². The minimum atomic E-state index is -0.0900. The molecule has 0 bridgehead atoms. The number of aromatic nitrogens is 3. The lowest BCUT2D eigenvalue weighted by molar-refractivity contribution is -0.119. The number of hydrogen-bond donors (Lipinski definition) is 1. The molecule has 1 N–H and O–H groups in total. The van der Waals surface area contributed by atoms with E-state index in [4.69, 9.17) is 4.74 Å². The molecule has 0 radical (unpaired) electrons. The summed E-state index contributed by atoms with van der Waals surface area (Å²) < 4.78 is 7.54. The van der Waals surface area contributed by atoms with Gasteiger partial charge in [-0.05, 0) is 38.8 Å². The second-order valence-electron chi connectivity index (χ2n) is 8.26. The van der Waals surface area contributed by atoms with Crippen LogP contribution >= 0.6 is 11.8 Å². The van der Waals surface area contributed by atoms with Crippen LogP contribution in [0.3, 0.4) is 0 Å². The summed E-state index contributed by atoms with van der Waals surface area (Å²) in [5.74, 6) is 1.84. The second kappa shape index (κ2) is 8.85. The van der Waals surface area contributed by atoms with Crippen molar-refractivity contribution < 1.29 is 9.53 Å². The predicted octanol–water partition coefficient (Wildman–Crippen LogP) is 2.46. The molecule has 2 aliphatic rings. The first-order valence-electron chi connectivity index (χ1n) is 10.3. The Morgan fingerprint density at radius 1 is 1.21 bits per heavy atom. The van der Waals surface area contributed by atoms with Gasteiger partial charge >= 0.3 is 0 Å². The number of thioether (sulfide) groups is 1. The number of carbonyl (C=O) groups excluding carboxylic acids is 1. The number of rotatable bonds is 8. The average molecular weight is 416 g/mol. The Morgan fingerprint density at radius 2 is 1.93 bits per heavy atom. The number of ether oxygens (including phenoxy) is 1. The molecule has 1 aromatic heterocycles. The zero-order chi connectivity index (χ0) is 20.3. The van der Waals surface area contributed by atoms with Gasteiger partial charge in [0.1, 0.15) is 5.82 Å². The topological polar surface area (TPSA) is 72.3 Å². The fourth-order valence-corrected chi connectivity index (χ4v) is 4.37. The van der Waals surface area contributed by atoms with Crippen molar-refractivity contribution >= 4 is 17.7 Å². The first kappa shape index (κ1) is 20.4. The quantitative estimate of drug-likeness (QED) is 0.668. The Balaban J connectivity index is 1.36. The zero-order valence-electron chi connectivity index (χ0n) is 17.1. The molecular formula is C21H29N5O2S. The highest BCUT2D eigenvalue weighted by Gasteiger charge is 2.31. The van der Waals surface area contributed by atoms with Gasteiger partial charge in [-0.25, -0.2) is 0 Å². The van der Waals surface area contributed by atoms with Crippen molar-refractivity contribution in [3.63, 3.8) is 0 Å². The molecule has 2 heterocycles. The van der Waals surface area contributed by atoms with Crippen LogP contribution in [0.2, 0.25) is 0 Å². The average Bonchev–Trinajstić information content (AvgIpc) is 3.51. The van der Waals surface area contributed by atoms with Crippen molar-refractivity contribution in [3.05, 3.63) is 36.2 Å². The molecule has 1 amide bonds. The van der Waals surface area contributed by atoms with Gasteiger partial charge in [-0.1, -0.05) is 30.0 Å². The maximum atomic E-state index is 12.5. The van der Waals surface area contributed by atoms with Crippen LogP contribution in [0.1, 0.15) is 38.4 Å². The summed E-state index contributed by atoms with van der Waals surface area (Å²) in [6, 6.07) is 10.2. The van der Waals surface area contributed by atoms with Crippen molar-refractivity contribution in [2.24, 2.45) is 0 Å². The first-order valence-corrected chi connectivity index (χ1v) is 11.3. The van der Waals surface area contributed by atoms with E-state index < -0.39 is 0 Å². The Labute approximate surface area is 176 Å². The molecule has 0 spiro atoms. The molecule has 1 saturated carbocycles. The van der Waals surface area contributed by atoms with Crippen LogP contribution in [-0.4, -0.2) is 69.7 Å². The van der Waals surface area contributed by atoms with Gasteiger partial charge in [0, 0.05) is 36.8 Å². The van der Waals surface area contributed by atoms with Gasteiger partial charge in [-0.3, -0.25) is 14.3 Å². The SMILES string of the molecule is CC(C)(CNC(=O)CSc1nnc(C2CC2)n1-c1ccccc1)N1CCOCC1. The summed E-state index contributed by atoms with van der Waals surface area (Å²) in [6.45, 7) is 8.27. The highest BCUT2D eigenvalue weighted by molar-refractivity contribution is 7.99. The third-order valence-electron chi connectivity index (χ3n) is 5.53. The first-order chi connectivity index (χ1) is 14.0. The normalized spacial score (nSPS) is 18.0. The maximum absolute atomic E-state index is 12.5. The molecule has 1 aliphatic carbocycles. The standard InChI is InChI=1S/C21H29N5O2S/c1-21(2,25-10-12-28-13-11-25)15-22-18(27)14-29-20-24-23-19(16-8-9-16)26(20)17-6-4-3-5-7-17/h3-7,16H,8-15H2,1-2H3,(H,22,27). The lowest BCUT2D eigenvalue weighted by Gasteiger charge is -2.40. The van der Waals surface area contributed by atoms with E-state index in [1.54, 1.807) is 0 Å². The zero-order valence-corrected chi connectivity index (χ0v) is 18.0. The Kier molecular flexibility index (Phi) is 6.22. The third-order valence-corrected chi connectivity index (χ3v) is 6.46. The van der Waals surface area contributed by atoms with Gasteiger partial charge in [0.2, 0.25) is 5.91 Å². The van der Waals surface area contributed by atoms with E-state index >= 15 is 0 Å². The van der Waals surface area contributed by atoms with Crippen LogP contribution < -0.4 is 5.32 Å². The molecule has 1 aromatic carbocycles. The number of para-hydroxylation sites is 1. The summed E-state index contributed by atoms with van der Waals surface area (Å²) >= 11 is 1.45. The van der Waals surface area contributed by atoms with Crippen molar-refractivity contribution in [1.82, 2.24) is 25.0 Å². The van der Waals surface area contributed by atoms with E-state index in [1.807, 2.05) is 18.2 Å². The van der Waals surface area contributed by atoms with Crippen LogP contribution in [-0.2, 0) is 9.53 Å². The number of carbonyl (C=O) groups is 1. The van der Waals surface area contributed by atoms with Crippen molar-refractivity contribution in [3.8, 4) is 5.69 Å². The molecular weight excluding hydrogens is 386 g/mol. The van der Waals surface area contributed by atoms with Crippen LogP contribution in [0.15, 0.2) is 35.5 Å². The molecule has 0 atom stereocenters. The van der Waals surface area contributed by atoms with Crippen LogP contribution in [0.25, 0.3) is 5.69 Å². The Hall–Kier alpha value is -1.90. The minimum Gasteiger partial charge on any atom is -0.379 e. The molecule has 29 heavy (non-hydrogen) atoms. The van der Waals surface area contributed by atoms with Crippen LogP contribution in [0.4, 0.5) is 0 Å². The monoisotopic (exact) mass is 415 g/mol. The van der Waals surface area contributed by atoms with Gasteiger partial charge in [-0.2, -0.15) is 0 Å². The van der Waals surface area contributed by atoms with E-state index in [0.29, 0.717) is 18.2 Å². The number of benzene rings is 1. The number of nitrogens with one attached hydrogen (secondary N) is 1. The van der Waals surface area contributed by atoms with E-state index in [2.05, 4.69) is 51.0 Å². The Morgan fingerprint density at radius 3 is 2.62 bits per heavy atom. The van der Waals surface area contributed by atoms with Crippen molar-refractivity contribution in [2.45, 2.75) is 43.3 Å². The van der Waals surface area contributed by atoms with E-state index in [0.717, 1.165) is 55.8 Å². The van der Waals surface area contributed by atoms with Gasteiger partial charge in [0.05, 0.1) is 19.0 Å². The highest BCUT2D eigenvalue weighted by Crippen LogP contribution is 2.41. The molecule has 156 valence electrons. The highest BCUT2D eigenvalue weighted by atomic mass is 32.2. The molecule has 2 fully saturated rings. The molecule has 0 unspecified atom stereocenters. The molecule has 4 rings (SSSR count). The Bertz CT molecular complexity index is 829. The van der Waals surface area contributed by atoms with Crippen LogP contribution in [0.5, 0.6) is 0 Å². The lowest BCUT2D eigenvalue weighted by Crippen LogP contribution is -2.55. The number of amides is 1. The molecule has 1 aliphatic heterocycles. The van der Waals surface area contributed by atoms with Crippen LogP contribution in [0, 0.1) is 0 Å². The summed E-state index contributed by atoms with van der Waals surface area (Å²) in [7, 11) is 0. The number of morpholine rings is 1. The largest absolute Gasteiger partial charge is 0.379 e. The van der Waals surface area contributed by atoms with Crippen molar-refractivity contribution in [1.29, 1.82) is 0 Å². The van der Waals surface area contributed by atoms with Gasteiger partial charge in [0.15, 0.2) is 5.16 Å². The fraction of sp³-hybridized carbons (Fsp3) is 0.571. The van der Waals surface area contributed by atoms with E-state index in [-0.39, 0.29) is 11.4 Å². The van der Waals surface area contributed by atoms with E-state index in [1.165, 1.54) is 11.8 Å². The summed E-state index contributed by atoms with van der Waals surface area (Å²) in [5, 5.41) is 12.7. The minimum absolute atomic E-state index is 0.0203. The number of nitrogens with zero attached hydrogens (tertiary/aromatic N) is 4. The smallest absolute Gasteiger partial charge is 0.230 e. The molecule has 8 heteroatoms. The molecule has 1 saturated heterocycles. The summed E-state index contributed by atoms with van der Waals surface area (Å²) in [5.41, 5.74) is 0.962. The number of hydrogen-bond acceptors (Lipinski definition) is 6. The second-order valence-corrected chi connectivity index (χ2v) is 9.21. The maximum Gasteiger partial charge on any atom is 0.230 e. The third kappa shape index (κ3) is 4.99. The van der Waals surface area contributed by atoms with Gasteiger partial charge < -0.3 is 10.1 Å². The predicted molar refractivity (Wildman–Crippen MR) is 114 cm³/mol. The summed E-state index contributed by atoms with van der Waals surface area (Å²) in [6.07, 6.45) is 2.32. The van der Waals surface area contributed by atoms with Crippen molar-refractivity contribution in [2.75, 3.05) is 38.6 Å². The van der Waals surface area contributed by atoms with E-state index in [9.17, 15) is 4.79 Å². The van der Waals surface area contributed by atoms with Gasteiger partial charge in [0.25, 0.3) is 0 Å². The fourth-order valence-electron chi connectivity index (χ4n) is 3.58. The lowest BCUT2D eigenvalue weighted by atomic mass is 10.0. The summed E-state index contributed by atoms with van der Waals surface area (Å²) in [4.78, 5) is 14.9. The molecule has 7 nitrogen and oxygen atoms in total. The molecule has 2 aromatic rings.